The topological polar surface area (TPSA) is 134 Å². The average Bonchev–Trinajstić information content (AvgIpc) is 3.43. The van der Waals surface area contributed by atoms with Gasteiger partial charge in [-0.05, 0) is 61.9 Å². The van der Waals surface area contributed by atoms with E-state index < -0.39 is 40.9 Å². The van der Waals surface area contributed by atoms with Gasteiger partial charge in [0.1, 0.15) is 23.0 Å². The van der Waals surface area contributed by atoms with Crippen LogP contribution in [0.15, 0.2) is 78.4 Å². The number of aromatic hydroxyl groups is 2. The summed E-state index contributed by atoms with van der Waals surface area (Å²) in [6, 6.07) is 18.5. The largest absolute Gasteiger partial charge is 0.508 e. The molecule has 3 aromatic carbocycles. The first-order chi connectivity index (χ1) is 22.6. The van der Waals surface area contributed by atoms with Crippen molar-refractivity contribution in [1.82, 2.24) is 4.90 Å². The van der Waals surface area contributed by atoms with Gasteiger partial charge in [0.05, 0.1) is 43.1 Å². The summed E-state index contributed by atoms with van der Waals surface area (Å²) < 4.78 is 11.2. The van der Waals surface area contributed by atoms with Crippen LogP contribution in [0.5, 0.6) is 23.0 Å². The number of methoxy groups -OCH3 is 2. The van der Waals surface area contributed by atoms with Crippen LogP contribution >= 0.6 is 0 Å². The first-order valence-electron chi connectivity index (χ1n) is 15.8. The first kappa shape index (κ1) is 30.5. The van der Waals surface area contributed by atoms with Crippen molar-refractivity contribution in [2.24, 2.45) is 29.1 Å². The monoisotopic (exact) mass is 636 g/mol. The zero-order chi connectivity index (χ0) is 33.2. The lowest BCUT2D eigenvalue weighted by Gasteiger charge is -2.49. The number of likely N-dealkylation sites (tertiary alicyclic amines) is 1. The Hall–Kier alpha value is -5.12. The van der Waals surface area contributed by atoms with Gasteiger partial charge in [0, 0.05) is 30.2 Å². The second-order valence-corrected chi connectivity index (χ2v) is 13.0. The van der Waals surface area contributed by atoms with Crippen molar-refractivity contribution in [2.75, 3.05) is 25.7 Å². The number of imide groups is 2. The van der Waals surface area contributed by atoms with E-state index in [2.05, 4.69) is 0 Å². The Balaban J connectivity index is 1.33. The molecule has 2 N–H and O–H groups in total. The van der Waals surface area contributed by atoms with Crippen molar-refractivity contribution >= 4 is 29.3 Å². The van der Waals surface area contributed by atoms with Gasteiger partial charge >= 0.3 is 0 Å². The maximum absolute atomic E-state index is 14.6. The van der Waals surface area contributed by atoms with E-state index in [9.17, 15) is 29.4 Å². The number of hydrogen-bond acceptors (Lipinski definition) is 8. The predicted molar refractivity (Wildman–Crippen MR) is 171 cm³/mol. The van der Waals surface area contributed by atoms with Crippen LogP contribution in [-0.2, 0) is 25.6 Å². The Kier molecular flexibility index (Phi) is 7.33. The summed E-state index contributed by atoms with van der Waals surface area (Å²) in [6.45, 7) is 1.96. The highest BCUT2D eigenvalue weighted by Gasteiger charge is 2.68. The number of rotatable bonds is 7. The third kappa shape index (κ3) is 4.52. The second kappa shape index (κ2) is 11.3. The third-order valence-corrected chi connectivity index (χ3v) is 10.8. The number of phenolic OH excluding ortho intramolecular Hbond substituents is 2. The van der Waals surface area contributed by atoms with Crippen molar-refractivity contribution in [2.45, 2.75) is 32.1 Å². The second-order valence-electron chi connectivity index (χ2n) is 13.0. The van der Waals surface area contributed by atoms with Gasteiger partial charge in [0.2, 0.25) is 23.6 Å². The van der Waals surface area contributed by atoms with Gasteiger partial charge in [-0.25, -0.2) is 4.90 Å². The predicted octanol–water partition coefficient (Wildman–Crippen LogP) is 4.59. The van der Waals surface area contributed by atoms with Crippen LogP contribution in [0.1, 0.15) is 36.8 Å². The zero-order valence-electron chi connectivity index (χ0n) is 26.4. The molecule has 0 spiro atoms. The molecule has 2 heterocycles. The molecule has 0 radical (unpaired) electrons. The smallest absolute Gasteiger partial charge is 0.241 e. The molecule has 10 nitrogen and oxygen atoms in total. The minimum absolute atomic E-state index is 0.135. The van der Waals surface area contributed by atoms with Crippen molar-refractivity contribution < 1.29 is 38.9 Å². The van der Waals surface area contributed by atoms with Gasteiger partial charge in [0.25, 0.3) is 0 Å². The molecule has 4 amide bonds. The molecule has 7 rings (SSSR count). The van der Waals surface area contributed by atoms with E-state index in [1.54, 1.807) is 61.5 Å². The van der Waals surface area contributed by atoms with Crippen LogP contribution in [0.25, 0.3) is 0 Å². The quantitative estimate of drug-likeness (QED) is 0.284. The normalized spacial score (nSPS) is 28.1. The molecule has 6 unspecified atom stereocenters. The van der Waals surface area contributed by atoms with Gasteiger partial charge < -0.3 is 19.7 Å². The van der Waals surface area contributed by atoms with E-state index in [0.717, 1.165) is 11.1 Å². The highest BCUT2D eigenvalue weighted by molar-refractivity contribution is 6.24. The van der Waals surface area contributed by atoms with Gasteiger partial charge in [0.15, 0.2) is 0 Å². The summed E-state index contributed by atoms with van der Waals surface area (Å²) in [4.78, 5) is 59.4. The summed E-state index contributed by atoms with van der Waals surface area (Å²) in [7, 11) is 2.94. The minimum atomic E-state index is -1.33. The molecule has 0 aromatic heterocycles. The molecule has 242 valence electrons. The fourth-order valence-corrected chi connectivity index (χ4v) is 8.50. The fourth-order valence-electron chi connectivity index (χ4n) is 8.50. The van der Waals surface area contributed by atoms with Crippen LogP contribution in [-0.4, -0.2) is 59.5 Å². The number of anilines is 1. The number of benzene rings is 3. The molecule has 4 aliphatic rings. The number of carbonyl (C=O) groups excluding carboxylic acids is 4. The van der Waals surface area contributed by atoms with E-state index in [4.69, 9.17) is 9.47 Å². The number of nitrogens with zero attached hydrogens (tertiary/aromatic N) is 2. The summed E-state index contributed by atoms with van der Waals surface area (Å²) in [5.74, 6) is -4.17. The highest BCUT2D eigenvalue weighted by Crippen LogP contribution is 2.65. The van der Waals surface area contributed by atoms with Gasteiger partial charge in [-0.2, -0.15) is 0 Å². The summed E-state index contributed by atoms with van der Waals surface area (Å²) in [6.07, 6.45) is 2.87. The molecular weight excluding hydrogens is 600 g/mol. The molecule has 0 bridgehead atoms. The van der Waals surface area contributed by atoms with Crippen molar-refractivity contribution in [1.29, 1.82) is 0 Å². The molecule has 1 saturated carbocycles. The van der Waals surface area contributed by atoms with Crippen LogP contribution in [0.2, 0.25) is 0 Å². The maximum atomic E-state index is 14.6. The number of carbonyl (C=O) groups is 4. The van der Waals surface area contributed by atoms with E-state index in [1.807, 2.05) is 12.1 Å². The lowest BCUT2D eigenvalue weighted by molar-refractivity contribution is -0.140. The van der Waals surface area contributed by atoms with Gasteiger partial charge in [-0.1, -0.05) is 42.0 Å². The zero-order valence-corrected chi connectivity index (χ0v) is 26.4. The number of para-hydroxylation sites is 1. The molecular formula is C37H36N2O8. The van der Waals surface area contributed by atoms with Crippen LogP contribution in [0.4, 0.5) is 5.69 Å². The van der Waals surface area contributed by atoms with Crippen molar-refractivity contribution in [3.05, 3.63) is 89.5 Å². The minimum Gasteiger partial charge on any atom is -0.508 e. The lowest BCUT2D eigenvalue weighted by atomic mass is 9.51. The Bertz CT molecular complexity index is 1820. The molecule has 2 aliphatic carbocycles. The Labute approximate surface area is 272 Å². The number of fused-ring (bicyclic) bond motifs is 4. The Morgan fingerprint density at radius 3 is 2.28 bits per heavy atom. The Morgan fingerprint density at radius 1 is 0.872 bits per heavy atom. The standard InChI is InChI=1S/C37H36N2O8/c1-37-27(34(43)39(36(37)45)21-7-5-4-6-8-21)19-26-24(32(37)31-28(41)17-23(46-2)18-29(31)47-3)13-14-25-30(26)35(44)38(33(25)42)16-15-20-9-11-22(40)12-10-20/h4-13,17-18,25-27,30,32,40-41H,14-16,19H2,1-3H3. The number of hydrogen-bond donors (Lipinski definition) is 2. The number of ether oxygens (including phenoxy) is 2. The SMILES string of the molecule is COc1cc(O)c(C2C3=CCC4C(=O)N(CCc5ccc(O)cc5)C(=O)C4C3CC3C(=O)N(c4ccccc4)C(=O)C32C)c(OC)c1. The molecule has 6 atom stereocenters. The lowest BCUT2D eigenvalue weighted by Crippen LogP contribution is -2.49. The van der Waals surface area contributed by atoms with Crippen LogP contribution in [0.3, 0.4) is 0 Å². The van der Waals surface area contributed by atoms with E-state index in [-0.39, 0.29) is 48.6 Å². The van der Waals surface area contributed by atoms with Crippen LogP contribution in [0, 0.1) is 29.1 Å². The summed E-state index contributed by atoms with van der Waals surface area (Å²) in [5.41, 5.74) is 1.09. The maximum Gasteiger partial charge on any atom is 0.241 e. The fraction of sp³-hybridized carbons (Fsp3) is 0.351. The highest BCUT2D eigenvalue weighted by atomic mass is 16.5. The first-order valence-corrected chi connectivity index (χ1v) is 15.8. The third-order valence-electron chi connectivity index (χ3n) is 10.8. The average molecular weight is 637 g/mol. The molecule has 3 fully saturated rings. The van der Waals surface area contributed by atoms with E-state index in [0.29, 0.717) is 29.2 Å². The van der Waals surface area contributed by atoms with Gasteiger partial charge in [-0.15, -0.1) is 0 Å². The number of allylic oxidation sites excluding steroid dienone is 2. The summed E-state index contributed by atoms with van der Waals surface area (Å²) in [5, 5.41) is 21.2. The molecule has 47 heavy (non-hydrogen) atoms. The molecule has 10 heteroatoms. The molecule has 2 saturated heterocycles. The Morgan fingerprint density at radius 2 is 1.60 bits per heavy atom. The van der Waals surface area contributed by atoms with Crippen LogP contribution < -0.4 is 14.4 Å². The summed E-state index contributed by atoms with van der Waals surface area (Å²) >= 11 is 0. The van der Waals surface area contributed by atoms with E-state index in [1.165, 1.54) is 30.1 Å². The van der Waals surface area contributed by atoms with Crippen molar-refractivity contribution in [3.8, 4) is 23.0 Å². The van der Waals surface area contributed by atoms with Gasteiger partial charge in [-0.3, -0.25) is 24.1 Å². The molecule has 2 aliphatic heterocycles. The molecule has 3 aromatic rings. The number of phenols is 2. The van der Waals surface area contributed by atoms with E-state index >= 15 is 0 Å². The number of amides is 4. The van der Waals surface area contributed by atoms with Crippen molar-refractivity contribution in [3.63, 3.8) is 0 Å².